The molecule has 1 aromatic rings. The van der Waals surface area contributed by atoms with Crippen LogP contribution in [-0.4, -0.2) is 39.5 Å². The second-order valence-electron chi connectivity index (χ2n) is 4.59. The number of rotatable bonds is 10. The number of benzene rings is 1. The molecule has 0 heterocycles. The van der Waals surface area contributed by atoms with Crippen LogP contribution < -0.4 is 5.32 Å². The van der Waals surface area contributed by atoms with E-state index in [0.717, 1.165) is 19.0 Å². The van der Waals surface area contributed by atoms with Gasteiger partial charge in [0.2, 0.25) is 0 Å². The molecule has 0 amide bonds. The van der Waals surface area contributed by atoms with Crippen LogP contribution in [0.4, 0.5) is 8.78 Å². The predicted molar refractivity (Wildman–Crippen MR) is 74.8 cm³/mol. The van der Waals surface area contributed by atoms with Crippen LogP contribution in [0.2, 0.25) is 0 Å². The van der Waals surface area contributed by atoms with Gasteiger partial charge in [-0.15, -0.1) is 0 Å². The lowest BCUT2D eigenvalue weighted by Gasteiger charge is -2.18. The highest BCUT2D eigenvalue weighted by Gasteiger charge is 2.12. The minimum atomic E-state index is -0.409. The summed E-state index contributed by atoms with van der Waals surface area (Å²) in [6, 6.07) is 3.63. The number of methoxy groups -OCH3 is 1. The highest BCUT2D eigenvalue weighted by molar-refractivity contribution is 5.19. The zero-order chi connectivity index (χ0) is 14.8. The molecular formula is C15H23F2NO2. The van der Waals surface area contributed by atoms with E-state index in [1.165, 1.54) is 12.1 Å². The second-order valence-corrected chi connectivity index (χ2v) is 4.59. The Kier molecular flexibility index (Phi) is 8.34. The molecule has 3 nitrogen and oxygen atoms in total. The maximum atomic E-state index is 13.6. The maximum absolute atomic E-state index is 13.6. The molecule has 1 N–H and O–H groups in total. The summed E-state index contributed by atoms with van der Waals surface area (Å²) in [5, 5.41) is 3.27. The van der Waals surface area contributed by atoms with Crippen molar-refractivity contribution in [3.8, 4) is 0 Å². The number of nitrogens with one attached hydrogen (secondary N) is 1. The van der Waals surface area contributed by atoms with Gasteiger partial charge in [-0.3, -0.25) is 0 Å². The van der Waals surface area contributed by atoms with Crippen molar-refractivity contribution in [3.63, 3.8) is 0 Å². The zero-order valence-corrected chi connectivity index (χ0v) is 12.1. The van der Waals surface area contributed by atoms with Gasteiger partial charge < -0.3 is 14.8 Å². The van der Waals surface area contributed by atoms with Crippen molar-refractivity contribution >= 4 is 0 Å². The molecule has 0 spiro atoms. The summed E-state index contributed by atoms with van der Waals surface area (Å²) < 4.78 is 37.1. The van der Waals surface area contributed by atoms with E-state index in [2.05, 4.69) is 5.32 Å². The van der Waals surface area contributed by atoms with Crippen molar-refractivity contribution in [2.45, 2.75) is 25.8 Å². The van der Waals surface area contributed by atoms with Crippen LogP contribution in [0.3, 0.4) is 0 Å². The molecule has 114 valence electrons. The van der Waals surface area contributed by atoms with Gasteiger partial charge in [-0.25, -0.2) is 8.78 Å². The number of halogens is 2. The van der Waals surface area contributed by atoms with Crippen molar-refractivity contribution in [1.29, 1.82) is 0 Å². The van der Waals surface area contributed by atoms with Gasteiger partial charge in [-0.1, -0.05) is 6.92 Å². The average molecular weight is 287 g/mol. The van der Waals surface area contributed by atoms with E-state index < -0.39 is 5.82 Å². The van der Waals surface area contributed by atoms with Gasteiger partial charge in [0.15, 0.2) is 0 Å². The van der Waals surface area contributed by atoms with E-state index in [0.29, 0.717) is 31.8 Å². The summed E-state index contributed by atoms with van der Waals surface area (Å²) in [4.78, 5) is 0. The first kappa shape index (κ1) is 17.0. The standard InChI is InChI=1S/C15H23F2NO2/c1-3-18-14(6-7-20-9-8-19-2)11-12-10-13(16)4-5-15(12)17/h4-5,10,14,18H,3,6-9,11H2,1-2H3. The van der Waals surface area contributed by atoms with Gasteiger partial charge in [0.25, 0.3) is 0 Å². The topological polar surface area (TPSA) is 30.5 Å². The van der Waals surface area contributed by atoms with E-state index in [-0.39, 0.29) is 11.9 Å². The van der Waals surface area contributed by atoms with E-state index in [4.69, 9.17) is 9.47 Å². The van der Waals surface area contributed by atoms with Gasteiger partial charge in [-0.05, 0) is 43.1 Å². The summed E-state index contributed by atoms with van der Waals surface area (Å²) in [7, 11) is 1.62. The Labute approximate surface area is 119 Å². The third-order valence-corrected chi connectivity index (χ3v) is 3.01. The van der Waals surface area contributed by atoms with Crippen LogP contribution in [-0.2, 0) is 15.9 Å². The van der Waals surface area contributed by atoms with Crippen LogP contribution in [0.1, 0.15) is 18.9 Å². The first-order valence-corrected chi connectivity index (χ1v) is 6.91. The highest BCUT2D eigenvalue weighted by atomic mass is 19.1. The van der Waals surface area contributed by atoms with E-state index in [1.807, 2.05) is 6.92 Å². The third kappa shape index (κ3) is 6.41. The quantitative estimate of drug-likeness (QED) is 0.671. The van der Waals surface area contributed by atoms with Crippen LogP contribution in [0.15, 0.2) is 18.2 Å². The molecule has 20 heavy (non-hydrogen) atoms. The van der Waals surface area contributed by atoms with Gasteiger partial charge in [-0.2, -0.15) is 0 Å². The van der Waals surface area contributed by atoms with E-state index in [1.54, 1.807) is 7.11 Å². The minimum Gasteiger partial charge on any atom is -0.382 e. The average Bonchev–Trinajstić information content (AvgIpc) is 2.42. The predicted octanol–water partition coefficient (Wildman–Crippen LogP) is 2.54. The molecule has 1 aromatic carbocycles. The molecule has 0 aliphatic carbocycles. The van der Waals surface area contributed by atoms with Crippen molar-refractivity contribution in [1.82, 2.24) is 5.32 Å². The summed E-state index contributed by atoms with van der Waals surface area (Å²) in [6.07, 6.45) is 1.19. The van der Waals surface area contributed by atoms with E-state index in [9.17, 15) is 8.78 Å². The number of likely N-dealkylation sites (N-methyl/N-ethyl adjacent to an activating group) is 1. The Balaban J connectivity index is 2.47. The van der Waals surface area contributed by atoms with Gasteiger partial charge in [0.1, 0.15) is 11.6 Å². The first-order valence-electron chi connectivity index (χ1n) is 6.91. The van der Waals surface area contributed by atoms with Crippen molar-refractivity contribution in [2.75, 3.05) is 33.5 Å². The number of hydrogen-bond acceptors (Lipinski definition) is 3. The molecule has 0 radical (unpaired) electrons. The molecule has 1 rings (SSSR count). The molecule has 1 unspecified atom stereocenters. The normalized spacial score (nSPS) is 12.6. The Morgan fingerprint density at radius 2 is 2.00 bits per heavy atom. The lowest BCUT2D eigenvalue weighted by Crippen LogP contribution is -2.32. The molecule has 0 aliphatic rings. The van der Waals surface area contributed by atoms with E-state index >= 15 is 0 Å². The van der Waals surface area contributed by atoms with Crippen LogP contribution >= 0.6 is 0 Å². The monoisotopic (exact) mass is 287 g/mol. The number of hydrogen-bond donors (Lipinski definition) is 1. The molecule has 0 saturated heterocycles. The summed E-state index contributed by atoms with van der Waals surface area (Å²) in [5.41, 5.74) is 0.396. The van der Waals surface area contributed by atoms with Crippen LogP contribution in [0.5, 0.6) is 0 Å². The Hall–Kier alpha value is -1.04. The minimum absolute atomic E-state index is 0.0684. The molecule has 0 fully saturated rings. The van der Waals surface area contributed by atoms with Crippen molar-refractivity contribution in [2.24, 2.45) is 0 Å². The van der Waals surface area contributed by atoms with Gasteiger partial charge in [0, 0.05) is 19.8 Å². The molecular weight excluding hydrogens is 264 g/mol. The van der Waals surface area contributed by atoms with Crippen molar-refractivity contribution < 1.29 is 18.3 Å². The molecule has 0 aromatic heterocycles. The Bertz CT molecular complexity index is 388. The molecule has 1 atom stereocenters. The fraction of sp³-hybridized carbons (Fsp3) is 0.600. The molecule has 0 bridgehead atoms. The lowest BCUT2D eigenvalue weighted by molar-refractivity contribution is 0.0658. The van der Waals surface area contributed by atoms with Crippen LogP contribution in [0.25, 0.3) is 0 Å². The number of ether oxygens (including phenoxy) is 2. The zero-order valence-electron chi connectivity index (χ0n) is 12.1. The summed E-state index contributed by atoms with van der Waals surface area (Å²) in [5.74, 6) is -0.775. The molecule has 0 aliphatic heterocycles. The summed E-state index contributed by atoms with van der Waals surface area (Å²) in [6.45, 7) is 4.44. The largest absolute Gasteiger partial charge is 0.382 e. The van der Waals surface area contributed by atoms with Gasteiger partial charge >= 0.3 is 0 Å². The first-order chi connectivity index (χ1) is 9.67. The van der Waals surface area contributed by atoms with Crippen LogP contribution in [0, 0.1) is 11.6 Å². The molecule has 5 heteroatoms. The maximum Gasteiger partial charge on any atom is 0.126 e. The lowest BCUT2D eigenvalue weighted by atomic mass is 10.0. The molecule has 0 saturated carbocycles. The fourth-order valence-corrected chi connectivity index (χ4v) is 2.00. The Morgan fingerprint density at radius 1 is 1.20 bits per heavy atom. The SMILES string of the molecule is CCNC(CCOCCOC)Cc1cc(F)ccc1F. The second kappa shape index (κ2) is 9.80. The smallest absolute Gasteiger partial charge is 0.126 e. The Morgan fingerprint density at radius 3 is 2.70 bits per heavy atom. The van der Waals surface area contributed by atoms with Crippen molar-refractivity contribution in [3.05, 3.63) is 35.4 Å². The highest BCUT2D eigenvalue weighted by Crippen LogP contribution is 2.13. The third-order valence-electron chi connectivity index (χ3n) is 3.01. The van der Waals surface area contributed by atoms with Gasteiger partial charge in [0.05, 0.1) is 13.2 Å². The summed E-state index contributed by atoms with van der Waals surface area (Å²) >= 11 is 0. The fourth-order valence-electron chi connectivity index (χ4n) is 2.00.